The molecule has 1 aromatic heterocycles. The average molecular weight is 513 g/mol. The van der Waals surface area contributed by atoms with Crippen LogP contribution >= 0.6 is 11.6 Å². The SMILES string of the molecule is CCCCOc1ccc(C(=O)N(CCCCCCN)C(C)c2nc3cc(Cl)ccc3c(=O)n2C)cc1. The molecule has 0 aliphatic rings. The third-order valence-electron chi connectivity index (χ3n) is 6.40. The number of halogens is 1. The summed E-state index contributed by atoms with van der Waals surface area (Å²) >= 11 is 6.17. The zero-order chi connectivity index (χ0) is 26.1. The number of fused-ring (bicyclic) bond motifs is 1. The second-order valence-corrected chi connectivity index (χ2v) is 9.54. The minimum absolute atomic E-state index is 0.109. The molecule has 0 saturated heterocycles. The lowest BCUT2D eigenvalue weighted by Gasteiger charge is -2.30. The van der Waals surface area contributed by atoms with E-state index in [9.17, 15) is 9.59 Å². The van der Waals surface area contributed by atoms with Crippen molar-refractivity contribution in [3.63, 3.8) is 0 Å². The third-order valence-corrected chi connectivity index (χ3v) is 6.63. The lowest BCUT2D eigenvalue weighted by molar-refractivity contribution is 0.0675. The lowest BCUT2D eigenvalue weighted by Crippen LogP contribution is -2.38. The lowest BCUT2D eigenvalue weighted by atomic mass is 10.1. The van der Waals surface area contributed by atoms with E-state index in [1.165, 1.54) is 4.57 Å². The highest BCUT2D eigenvalue weighted by molar-refractivity contribution is 6.31. The van der Waals surface area contributed by atoms with Gasteiger partial charge in [0, 0.05) is 24.2 Å². The first-order valence-corrected chi connectivity index (χ1v) is 13.1. The van der Waals surface area contributed by atoms with E-state index >= 15 is 0 Å². The van der Waals surface area contributed by atoms with Crippen molar-refractivity contribution in [2.45, 2.75) is 58.4 Å². The van der Waals surface area contributed by atoms with Crippen molar-refractivity contribution in [3.8, 4) is 5.75 Å². The number of ether oxygens (including phenoxy) is 1. The number of nitrogens with zero attached hydrogens (tertiary/aromatic N) is 3. The number of unbranched alkanes of at least 4 members (excludes halogenated alkanes) is 4. The standard InChI is InChI=1S/C28H37ClN4O3/c1-4-5-18-36-23-13-10-21(11-14-23)27(34)33(17-9-7-6-8-16-30)20(2)26-31-25-19-22(29)12-15-24(25)28(35)32(26)3/h10-15,19-20H,4-9,16-18,30H2,1-3H3. The van der Waals surface area contributed by atoms with E-state index in [4.69, 9.17) is 27.1 Å². The molecule has 0 aliphatic heterocycles. The highest BCUT2D eigenvalue weighted by Crippen LogP contribution is 2.24. The van der Waals surface area contributed by atoms with Gasteiger partial charge < -0.3 is 15.4 Å². The molecule has 0 spiro atoms. The van der Waals surface area contributed by atoms with Gasteiger partial charge in [-0.2, -0.15) is 0 Å². The summed E-state index contributed by atoms with van der Waals surface area (Å²) in [5, 5.41) is 1.01. The summed E-state index contributed by atoms with van der Waals surface area (Å²) in [6, 6.07) is 11.9. The minimum Gasteiger partial charge on any atom is -0.494 e. The van der Waals surface area contributed by atoms with Crippen molar-refractivity contribution in [1.82, 2.24) is 14.5 Å². The van der Waals surface area contributed by atoms with Crippen LogP contribution in [0, 0.1) is 0 Å². The Hall–Kier alpha value is -2.90. The van der Waals surface area contributed by atoms with Crippen LogP contribution in [0.1, 0.15) is 74.6 Å². The minimum atomic E-state index is -0.423. The van der Waals surface area contributed by atoms with Gasteiger partial charge in [0.2, 0.25) is 0 Å². The molecule has 36 heavy (non-hydrogen) atoms. The molecule has 7 nitrogen and oxygen atoms in total. The molecule has 0 aliphatic carbocycles. The number of hydrogen-bond donors (Lipinski definition) is 1. The highest BCUT2D eigenvalue weighted by atomic mass is 35.5. The first-order chi connectivity index (χ1) is 17.4. The fourth-order valence-corrected chi connectivity index (χ4v) is 4.39. The predicted molar refractivity (Wildman–Crippen MR) is 146 cm³/mol. The smallest absolute Gasteiger partial charge is 0.261 e. The van der Waals surface area contributed by atoms with E-state index in [0.717, 1.165) is 44.3 Å². The molecule has 0 saturated carbocycles. The Morgan fingerprint density at radius 2 is 1.83 bits per heavy atom. The number of carbonyl (C=O) groups is 1. The summed E-state index contributed by atoms with van der Waals surface area (Å²) in [6.07, 6.45) is 5.83. The van der Waals surface area contributed by atoms with Gasteiger partial charge in [-0.1, -0.05) is 37.8 Å². The molecule has 1 amide bonds. The summed E-state index contributed by atoms with van der Waals surface area (Å²) in [6.45, 7) is 5.89. The number of rotatable bonds is 13. The van der Waals surface area contributed by atoms with Crippen molar-refractivity contribution >= 4 is 28.4 Å². The molecule has 2 aromatic carbocycles. The van der Waals surface area contributed by atoms with Crippen LogP contribution in [-0.2, 0) is 7.05 Å². The van der Waals surface area contributed by atoms with E-state index in [0.29, 0.717) is 47.0 Å². The maximum Gasteiger partial charge on any atom is 0.261 e. The van der Waals surface area contributed by atoms with Gasteiger partial charge in [0.1, 0.15) is 11.6 Å². The molecule has 2 N–H and O–H groups in total. The van der Waals surface area contributed by atoms with Gasteiger partial charge in [-0.05, 0) is 75.2 Å². The summed E-state index contributed by atoms with van der Waals surface area (Å²) in [4.78, 5) is 33.3. The second-order valence-electron chi connectivity index (χ2n) is 9.10. The molecule has 0 fully saturated rings. The van der Waals surface area contributed by atoms with Crippen LogP contribution in [0.5, 0.6) is 5.75 Å². The molecule has 0 radical (unpaired) electrons. The molecular formula is C28H37ClN4O3. The molecule has 3 rings (SSSR count). The molecule has 194 valence electrons. The molecule has 1 atom stereocenters. The van der Waals surface area contributed by atoms with Crippen LogP contribution in [0.2, 0.25) is 5.02 Å². The zero-order valence-electron chi connectivity index (χ0n) is 21.5. The van der Waals surface area contributed by atoms with Crippen LogP contribution in [0.25, 0.3) is 10.9 Å². The van der Waals surface area contributed by atoms with Crippen molar-refractivity contribution < 1.29 is 9.53 Å². The largest absolute Gasteiger partial charge is 0.494 e. The van der Waals surface area contributed by atoms with Gasteiger partial charge in [0.05, 0.1) is 23.6 Å². The Morgan fingerprint density at radius 1 is 1.11 bits per heavy atom. The van der Waals surface area contributed by atoms with Gasteiger partial charge in [0.25, 0.3) is 11.5 Å². The molecular weight excluding hydrogens is 476 g/mol. The maximum absolute atomic E-state index is 13.7. The van der Waals surface area contributed by atoms with E-state index in [2.05, 4.69) is 6.92 Å². The second kappa shape index (κ2) is 13.4. The van der Waals surface area contributed by atoms with Crippen LogP contribution in [0.3, 0.4) is 0 Å². The average Bonchev–Trinajstić information content (AvgIpc) is 2.88. The van der Waals surface area contributed by atoms with Gasteiger partial charge in [0.15, 0.2) is 0 Å². The fraction of sp³-hybridized carbons (Fsp3) is 0.464. The normalized spacial score (nSPS) is 12.0. The van der Waals surface area contributed by atoms with Crippen LogP contribution in [-0.4, -0.2) is 40.1 Å². The van der Waals surface area contributed by atoms with Gasteiger partial charge >= 0.3 is 0 Å². The predicted octanol–water partition coefficient (Wildman–Crippen LogP) is 5.49. The molecule has 1 unspecified atom stereocenters. The van der Waals surface area contributed by atoms with Crippen molar-refractivity contribution in [1.29, 1.82) is 0 Å². The Morgan fingerprint density at radius 3 is 2.53 bits per heavy atom. The Balaban J connectivity index is 1.90. The van der Waals surface area contributed by atoms with Crippen LogP contribution in [0.4, 0.5) is 0 Å². The van der Waals surface area contributed by atoms with Crippen LogP contribution in [0.15, 0.2) is 47.3 Å². The summed E-state index contributed by atoms with van der Waals surface area (Å²) in [5.74, 6) is 1.16. The topological polar surface area (TPSA) is 90.5 Å². The van der Waals surface area contributed by atoms with Crippen molar-refractivity contribution in [2.24, 2.45) is 12.8 Å². The molecule has 3 aromatic rings. The van der Waals surface area contributed by atoms with E-state index in [-0.39, 0.29) is 11.5 Å². The van der Waals surface area contributed by atoms with E-state index in [1.54, 1.807) is 42.3 Å². The first kappa shape index (κ1) is 27.7. The Bertz CT molecular complexity index is 1210. The number of nitrogens with two attached hydrogens (primary N) is 1. The Kier molecular flexibility index (Phi) is 10.3. The summed E-state index contributed by atoms with van der Waals surface area (Å²) < 4.78 is 7.27. The van der Waals surface area contributed by atoms with Gasteiger partial charge in [-0.3, -0.25) is 14.2 Å². The highest BCUT2D eigenvalue weighted by Gasteiger charge is 2.26. The zero-order valence-corrected chi connectivity index (χ0v) is 22.3. The molecule has 1 heterocycles. The number of amides is 1. The number of benzene rings is 2. The number of carbonyl (C=O) groups excluding carboxylic acids is 1. The van der Waals surface area contributed by atoms with E-state index in [1.807, 2.05) is 19.1 Å². The van der Waals surface area contributed by atoms with Crippen LogP contribution < -0.4 is 16.0 Å². The van der Waals surface area contributed by atoms with Gasteiger partial charge in [-0.25, -0.2) is 4.98 Å². The van der Waals surface area contributed by atoms with E-state index < -0.39 is 6.04 Å². The number of hydrogen-bond acceptors (Lipinski definition) is 5. The van der Waals surface area contributed by atoms with Gasteiger partial charge in [-0.15, -0.1) is 0 Å². The van der Waals surface area contributed by atoms with Crippen molar-refractivity contribution in [2.75, 3.05) is 19.7 Å². The monoisotopic (exact) mass is 512 g/mol. The molecule has 8 heteroatoms. The number of aromatic nitrogens is 2. The fourth-order valence-electron chi connectivity index (χ4n) is 4.22. The molecule has 0 bridgehead atoms. The first-order valence-electron chi connectivity index (χ1n) is 12.8. The van der Waals surface area contributed by atoms with Crippen molar-refractivity contribution in [3.05, 3.63) is 69.2 Å². The Labute approximate surface area is 218 Å². The maximum atomic E-state index is 13.7. The summed E-state index contributed by atoms with van der Waals surface area (Å²) in [5.41, 5.74) is 6.56. The third kappa shape index (κ3) is 6.86. The quantitative estimate of drug-likeness (QED) is 0.306. The summed E-state index contributed by atoms with van der Waals surface area (Å²) in [7, 11) is 1.70.